The largest absolute Gasteiger partial charge is 0.455 e. The summed E-state index contributed by atoms with van der Waals surface area (Å²) < 4.78 is 27.9. The van der Waals surface area contributed by atoms with Gasteiger partial charge in [0, 0.05) is 16.5 Å². The molecule has 8 heteroatoms. The smallest absolute Gasteiger partial charge is 0.316 e. The topological polar surface area (TPSA) is 89.5 Å². The molecule has 28 heavy (non-hydrogen) atoms. The second-order valence-corrected chi connectivity index (χ2v) is 9.97. The van der Waals surface area contributed by atoms with Gasteiger partial charge in [0.15, 0.2) is 16.4 Å². The maximum absolute atomic E-state index is 12.2. The molecule has 0 bridgehead atoms. The average molecular weight is 420 g/mol. The van der Waals surface area contributed by atoms with E-state index in [9.17, 15) is 18.0 Å². The Bertz CT molecular complexity index is 944. The molecule has 1 N–H and O–H groups in total. The molecule has 0 aliphatic carbocycles. The summed E-state index contributed by atoms with van der Waals surface area (Å²) >= 11 is 1.26. The highest BCUT2D eigenvalue weighted by molar-refractivity contribution is 8.02. The predicted molar refractivity (Wildman–Crippen MR) is 111 cm³/mol. The van der Waals surface area contributed by atoms with Crippen molar-refractivity contribution in [3.63, 3.8) is 0 Å². The number of amides is 1. The monoisotopic (exact) mass is 419 g/mol. The van der Waals surface area contributed by atoms with Crippen LogP contribution < -0.4 is 5.32 Å². The number of carbonyl (C=O) groups is 2. The molecule has 1 fully saturated rings. The van der Waals surface area contributed by atoms with Crippen LogP contribution in [0.25, 0.3) is 11.1 Å². The van der Waals surface area contributed by atoms with E-state index in [1.807, 2.05) is 48.5 Å². The van der Waals surface area contributed by atoms with Gasteiger partial charge in [0.1, 0.15) is 0 Å². The number of rotatable bonds is 7. The van der Waals surface area contributed by atoms with Crippen LogP contribution in [0.4, 0.5) is 5.69 Å². The van der Waals surface area contributed by atoms with Gasteiger partial charge in [0.05, 0.1) is 17.3 Å². The fourth-order valence-corrected chi connectivity index (χ4v) is 6.35. The third-order valence-electron chi connectivity index (χ3n) is 4.28. The summed E-state index contributed by atoms with van der Waals surface area (Å²) in [4.78, 5) is 24.0. The van der Waals surface area contributed by atoms with Crippen molar-refractivity contribution in [1.29, 1.82) is 0 Å². The molecule has 0 saturated carbocycles. The first-order valence-corrected chi connectivity index (χ1v) is 11.7. The van der Waals surface area contributed by atoms with Crippen molar-refractivity contribution in [2.45, 2.75) is 11.7 Å². The SMILES string of the molecule is O=C(COC(=O)CS[C@H]1CCS(=O)(=O)C1)Nc1ccccc1-c1ccccc1. The summed E-state index contributed by atoms with van der Waals surface area (Å²) in [5.41, 5.74) is 2.49. The first-order chi connectivity index (χ1) is 13.4. The quantitative estimate of drug-likeness (QED) is 0.694. The first-order valence-electron chi connectivity index (χ1n) is 8.85. The molecule has 0 unspecified atom stereocenters. The molecule has 2 aromatic rings. The van der Waals surface area contributed by atoms with Gasteiger partial charge in [-0.3, -0.25) is 9.59 Å². The van der Waals surface area contributed by atoms with Crippen molar-refractivity contribution in [3.05, 3.63) is 54.6 Å². The number of para-hydroxylation sites is 1. The number of nitrogens with one attached hydrogen (secondary N) is 1. The molecule has 1 heterocycles. The van der Waals surface area contributed by atoms with Gasteiger partial charge in [-0.1, -0.05) is 48.5 Å². The van der Waals surface area contributed by atoms with E-state index in [1.54, 1.807) is 6.07 Å². The van der Waals surface area contributed by atoms with Crippen LogP contribution in [0.3, 0.4) is 0 Å². The molecule has 2 aromatic carbocycles. The molecule has 1 saturated heterocycles. The highest BCUT2D eigenvalue weighted by atomic mass is 32.2. The summed E-state index contributed by atoms with van der Waals surface area (Å²) in [5.74, 6) is -0.649. The maximum Gasteiger partial charge on any atom is 0.316 e. The number of hydrogen-bond acceptors (Lipinski definition) is 6. The highest BCUT2D eigenvalue weighted by Crippen LogP contribution is 2.27. The molecule has 3 rings (SSSR count). The van der Waals surface area contributed by atoms with E-state index in [4.69, 9.17) is 4.74 Å². The summed E-state index contributed by atoms with van der Waals surface area (Å²) in [6, 6.07) is 17.1. The number of hydrogen-bond donors (Lipinski definition) is 1. The summed E-state index contributed by atoms with van der Waals surface area (Å²) in [6.07, 6.45) is 0.553. The van der Waals surface area contributed by atoms with Crippen molar-refractivity contribution in [2.24, 2.45) is 0 Å². The van der Waals surface area contributed by atoms with Gasteiger partial charge >= 0.3 is 5.97 Å². The van der Waals surface area contributed by atoms with Gasteiger partial charge in [0.25, 0.3) is 5.91 Å². The molecule has 0 spiro atoms. The van der Waals surface area contributed by atoms with Gasteiger partial charge in [-0.25, -0.2) is 8.42 Å². The zero-order valence-electron chi connectivity index (χ0n) is 15.2. The molecule has 148 valence electrons. The zero-order valence-corrected chi connectivity index (χ0v) is 16.8. The van der Waals surface area contributed by atoms with Crippen LogP contribution in [0.5, 0.6) is 0 Å². The Kier molecular flexibility index (Phi) is 6.74. The number of anilines is 1. The summed E-state index contributed by atoms with van der Waals surface area (Å²) in [5, 5.41) is 2.69. The van der Waals surface area contributed by atoms with Gasteiger partial charge in [-0.2, -0.15) is 0 Å². The Balaban J connectivity index is 1.48. The Morgan fingerprint density at radius 3 is 2.50 bits per heavy atom. The highest BCUT2D eigenvalue weighted by Gasteiger charge is 2.28. The third kappa shape index (κ3) is 5.84. The lowest BCUT2D eigenvalue weighted by atomic mass is 10.0. The van der Waals surface area contributed by atoms with Crippen molar-refractivity contribution in [3.8, 4) is 11.1 Å². The second kappa shape index (κ2) is 9.25. The van der Waals surface area contributed by atoms with Crippen LogP contribution in [-0.4, -0.2) is 49.4 Å². The van der Waals surface area contributed by atoms with Crippen LogP contribution in [0.2, 0.25) is 0 Å². The first kappa shape index (κ1) is 20.4. The van der Waals surface area contributed by atoms with E-state index in [0.717, 1.165) is 11.1 Å². The normalized spacial score (nSPS) is 17.8. The van der Waals surface area contributed by atoms with Crippen LogP contribution in [-0.2, 0) is 24.2 Å². The van der Waals surface area contributed by atoms with Crippen LogP contribution in [0, 0.1) is 0 Å². The van der Waals surface area contributed by atoms with Crippen molar-refractivity contribution < 1.29 is 22.7 Å². The Morgan fingerprint density at radius 1 is 1.07 bits per heavy atom. The maximum atomic E-state index is 12.2. The van der Waals surface area contributed by atoms with Gasteiger partial charge in [-0.05, 0) is 18.1 Å². The molecule has 1 atom stereocenters. The van der Waals surface area contributed by atoms with Crippen LogP contribution in [0.1, 0.15) is 6.42 Å². The fourth-order valence-electron chi connectivity index (χ4n) is 2.91. The van der Waals surface area contributed by atoms with Crippen molar-refractivity contribution in [1.82, 2.24) is 0 Å². The standard InChI is InChI=1S/C20H21NO5S2/c22-19(12-26-20(23)13-27-16-10-11-28(24,25)14-16)21-18-9-5-4-8-17(18)15-6-2-1-3-7-15/h1-9,16H,10-14H2,(H,21,22)/t16-/m0/s1. The molecule has 6 nitrogen and oxygen atoms in total. The number of thioether (sulfide) groups is 1. The fraction of sp³-hybridized carbons (Fsp3) is 0.300. The molecule has 0 radical (unpaired) electrons. The van der Waals surface area contributed by atoms with E-state index in [-0.39, 0.29) is 29.1 Å². The van der Waals surface area contributed by atoms with E-state index in [0.29, 0.717) is 12.1 Å². The minimum atomic E-state index is -2.97. The van der Waals surface area contributed by atoms with Gasteiger partial charge in [-0.15, -0.1) is 11.8 Å². The lowest BCUT2D eigenvalue weighted by molar-refractivity contribution is -0.144. The molecule has 1 aliphatic heterocycles. The van der Waals surface area contributed by atoms with E-state index in [2.05, 4.69) is 5.32 Å². The average Bonchev–Trinajstić information content (AvgIpc) is 3.04. The molecular formula is C20H21NO5S2. The summed E-state index contributed by atoms with van der Waals surface area (Å²) in [7, 11) is -2.97. The number of benzene rings is 2. The van der Waals surface area contributed by atoms with Crippen LogP contribution >= 0.6 is 11.8 Å². The van der Waals surface area contributed by atoms with E-state index >= 15 is 0 Å². The molecule has 1 aliphatic rings. The van der Waals surface area contributed by atoms with E-state index in [1.165, 1.54) is 11.8 Å². The van der Waals surface area contributed by atoms with Crippen LogP contribution in [0.15, 0.2) is 54.6 Å². The minimum absolute atomic E-state index is 0.0358. The molecule has 1 amide bonds. The number of sulfone groups is 1. The van der Waals surface area contributed by atoms with E-state index < -0.39 is 21.7 Å². The number of ether oxygens (including phenoxy) is 1. The molecular weight excluding hydrogens is 398 g/mol. The lowest BCUT2D eigenvalue weighted by Crippen LogP contribution is -2.22. The predicted octanol–water partition coefficient (Wildman–Crippen LogP) is 2.76. The minimum Gasteiger partial charge on any atom is -0.455 e. The third-order valence-corrected chi connectivity index (χ3v) is 7.53. The van der Waals surface area contributed by atoms with Crippen molar-refractivity contribution in [2.75, 3.05) is 29.2 Å². The zero-order chi connectivity index (χ0) is 20.0. The molecule has 0 aromatic heterocycles. The summed E-state index contributed by atoms with van der Waals surface area (Å²) in [6.45, 7) is -0.383. The Morgan fingerprint density at radius 2 is 1.79 bits per heavy atom. The number of esters is 1. The number of carbonyl (C=O) groups excluding carboxylic acids is 2. The Hall–Kier alpha value is -2.32. The second-order valence-electron chi connectivity index (χ2n) is 6.46. The Labute approximate surface area is 168 Å². The lowest BCUT2D eigenvalue weighted by Gasteiger charge is -2.12. The van der Waals surface area contributed by atoms with Crippen molar-refractivity contribution >= 4 is 39.2 Å². The van der Waals surface area contributed by atoms with Gasteiger partial charge in [0.2, 0.25) is 0 Å². The van der Waals surface area contributed by atoms with Gasteiger partial charge < -0.3 is 10.1 Å².